The number of nitrogens with one attached hydrogen (secondary N) is 2. The van der Waals surface area contributed by atoms with Crippen molar-refractivity contribution in [1.29, 1.82) is 0 Å². The highest BCUT2D eigenvalue weighted by Crippen LogP contribution is 2.29. The van der Waals surface area contributed by atoms with E-state index in [1.54, 1.807) is 6.92 Å². The SMILES string of the molecule is CNC(=O)c1ccc(OC)c(NS(=O)(=O)c2cc(C(=O)OC)ccc2C)c1. The van der Waals surface area contributed by atoms with Crippen LogP contribution < -0.4 is 14.8 Å². The van der Waals surface area contributed by atoms with E-state index in [9.17, 15) is 18.0 Å². The molecule has 0 radical (unpaired) electrons. The fourth-order valence-corrected chi connectivity index (χ4v) is 3.74. The highest BCUT2D eigenvalue weighted by molar-refractivity contribution is 7.92. The number of esters is 1. The van der Waals surface area contributed by atoms with E-state index in [0.717, 1.165) is 0 Å². The lowest BCUT2D eigenvalue weighted by Gasteiger charge is -2.15. The van der Waals surface area contributed by atoms with Crippen molar-refractivity contribution in [3.63, 3.8) is 0 Å². The zero-order valence-corrected chi connectivity index (χ0v) is 16.1. The minimum absolute atomic E-state index is 0.0854. The van der Waals surface area contributed by atoms with Gasteiger partial charge in [0.15, 0.2) is 0 Å². The van der Waals surface area contributed by atoms with Crippen molar-refractivity contribution in [1.82, 2.24) is 5.32 Å². The standard InChI is InChI=1S/C18H20N2O6S/c1-11-5-6-13(18(22)26-4)10-16(11)27(23,24)20-14-9-12(17(21)19-2)7-8-15(14)25-3/h5-10,20H,1-4H3,(H,19,21). The monoisotopic (exact) mass is 392 g/mol. The van der Waals surface area contributed by atoms with Gasteiger partial charge in [-0.15, -0.1) is 0 Å². The lowest BCUT2D eigenvalue weighted by molar-refractivity contribution is 0.0600. The first-order valence-corrected chi connectivity index (χ1v) is 9.33. The van der Waals surface area contributed by atoms with E-state index >= 15 is 0 Å². The molecule has 0 spiro atoms. The normalized spacial score (nSPS) is 10.8. The van der Waals surface area contributed by atoms with Crippen LogP contribution in [0.15, 0.2) is 41.3 Å². The minimum atomic E-state index is -4.06. The molecule has 0 atom stereocenters. The summed E-state index contributed by atoms with van der Waals surface area (Å²) in [6.07, 6.45) is 0. The second-order valence-electron chi connectivity index (χ2n) is 5.57. The maximum atomic E-state index is 12.9. The van der Waals surface area contributed by atoms with Gasteiger partial charge in [-0.3, -0.25) is 9.52 Å². The minimum Gasteiger partial charge on any atom is -0.495 e. The van der Waals surface area contributed by atoms with Crippen molar-refractivity contribution < 1.29 is 27.5 Å². The van der Waals surface area contributed by atoms with E-state index in [-0.39, 0.29) is 33.4 Å². The van der Waals surface area contributed by atoms with Gasteiger partial charge in [-0.2, -0.15) is 0 Å². The molecule has 0 aliphatic rings. The Morgan fingerprint density at radius 2 is 1.67 bits per heavy atom. The largest absolute Gasteiger partial charge is 0.495 e. The van der Waals surface area contributed by atoms with Crippen LogP contribution in [0, 0.1) is 6.92 Å². The fraction of sp³-hybridized carbons (Fsp3) is 0.222. The van der Waals surface area contributed by atoms with Crippen LogP contribution in [0.5, 0.6) is 5.75 Å². The van der Waals surface area contributed by atoms with E-state index in [1.165, 1.54) is 57.7 Å². The quantitative estimate of drug-likeness (QED) is 0.727. The summed E-state index contributed by atoms with van der Waals surface area (Å²) in [6.45, 7) is 1.60. The summed E-state index contributed by atoms with van der Waals surface area (Å²) in [5, 5.41) is 2.47. The molecule has 2 rings (SSSR count). The number of carbonyl (C=O) groups excluding carboxylic acids is 2. The molecule has 2 aromatic rings. The molecule has 0 aromatic heterocycles. The van der Waals surface area contributed by atoms with Gasteiger partial charge in [0.1, 0.15) is 5.75 Å². The number of amides is 1. The van der Waals surface area contributed by atoms with Gasteiger partial charge in [0.05, 0.1) is 30.4 Å². The number of hydrogen-bond acceptors (Lipinski definition) is 6. The molecule has 9 heteroatoms. The molecule has 0 fully saturated rings. The Balaban J connectivity index is 2.50. The zero-order chi connectivity index (χ0) is 20.2. The zero-order valence-electron chi connectivity index (χ0n) is 15.3. The fourth-order valence-electron chi connectivity index (χ4n) is 2.41. The molecule has 2 N–H and O–H groups in total. The molecule has 0 heterocycles. The average Bonchev–Trinajstić information content (AvgIpc) is 2.66. The molecule has 144 valence electrons. The molecule has 0 saturated heterocycles. The second-order valence-corrected chi connectivity index (χ2v) is 7.22. The van der Waals surface area contributed by atoms with Crippen LogP contribution >= 0.6 is 0 Å². The highest BCUT2D eigenvalue weighted by Gasteiger charge is 2.22. The first-order chi connectivity index (χ1) is 12.7. The molecule has 27 heavy (non-hydrogen) atoms. The smallest absolute Gasteiger partial charge is 0.337 e. The van der Waals surface area contributed by atoms with Gasteiger partial charge in [0.25, 0.3) is 15.9 Å². The lowest BCUT2D eigenvalue weighted by atomic mass is 10.1. The molecule has 1 amide bonds. The first kappa shape index (κ1) is 20.2. The molecule has 0 bridgehead atoms. The van der Waals surface area contributed by atoms with Crippen molar-refractivity contribution in [2.75, 3.05) is 26.0 Å². The summed E-state index contributed by atoms with van der Waals surface area (Å²) in [5.74, 6) is -0.777. The predicted molar refractivity (Wildman–Crippen MR) is 99.7 cm³/mol. The molecular weight excluding hydrogens is 372 g/mol. The van der Waals surface area contributed by atoms with Gasteiger partial charge in [0, 0.05) is 12.6 Å². The van der Waals surface area contributed by atoms with E-state index in [0.29, 0.717) is 5.56 Å². The summed E-state index contributed by atoms with van der Waals surface area (Å²) in [5.41, 5.74) is 0.906. The molecule has 0 unspecified atom stereocenters. The van der Waals surface area contributed by atoms with Crippen molar-refractivity contribution in [2.45, 2.75) is 11.8 Å². The maximum Gasteiger partial charge on any atom is 0.337 e. The van der Waals surface area contributed by atoms with Crippen LogP contribution in [-0.4, -0.2) is 41.6 Å². The van der Waals surface area contributed by atoms with E-state index < -0.39 is 16.0 Å². The highest BCUT2D eigenvalue weighted by atomic mass is 32.2. The van der Waals surface area contributed by atoms with Gasteiger partial charge < -0.3 is 14.8 Å². The average molecular weight is 392 g/mol. The summed E-state index contributed by atoms with van der Waals surface area (Å²) >= 11 is 0. The van der Waals surface area contributed by atoms with Crippen molar-refractivity contribution in [3.05, 3.63) is 53.1 Å². The molecule has 0 saturated carbocycles. The number of sulfonamides is 1. The van der Waals surface area contributed by atoms with Crippen LogP contribution in [0.3, 0.4) is 0 Å². The van der Waals surface area contributed by atoms with E-state index in [2.05, 4.69) is 14.8 Å². The summed E-state index contributed by atoms with van der Waals surface area (Å²) in [7, 11) is 0.00762. The number of hydrogen-bond donors (Lipinski definition) is 2. The second kappa shape index (κ2) is 8.09. The number of benzene rings is 2. The van der Waals surface area contributed by atoms with Crippen LogP contribution in [0.1, 0.15) is 26.3 Å². The van der Waals surface area contributed by atoms with Crippen LogP contribution in [-0.2, 0) is 14.8 Å². The summed E-state index contributed by atoms with van der Waals surface area (Å²) < 4.78 is 38.0. The number of anilines is 1. The number of aryl methyl sites for hydroxylation is 1. The summed E-state index contributed by atoms with van der Waals surface area (Å²) in [6, 6.07) is 8.60. The lowest BCUT2D eigenvalue weighted by Crippen LogP contribution is -2.19. The van der Waals surface area contributed by atoms with Crippen LogP contribution in [0.2, 0.25) is 0 Å². The Morgan fingerprint density at radius 3 is 2.26 bits per heavy atom. The molecule has 0 aliphatic carbocycles. The Hall–Kier alpha value is -3.07. The van der Waals surface area contributed by atoms with E-state index in [4.69, 9.17) is 4.74 Å². The molecular formula is C18H20N2O6S. The van der Waals surface area contributed by atoms with Gasteiger partial charge in [0.2, 0.25) is 0 Å². The van der Waals surface area contributed by atoms with Crippen LogP contribution in [0.4, 0.5) is 5.69 Å². The van der Waals surface area contributed by atoms with Crippen LogP contribution in [0.25, 0.3) is 0 Å². The number of ether oxygens (including phenoxy) is 2. The number of carbonyl (C=O) groups is 2. The van der Waals surface area contributed by atoms with Gasteiger partial charge in [-0.1, -0.05) is 6.07 Å². The number of methoxy groups -OCH3 is 2. The number of rotatable bonds is 6. The van der Waals surface area contributed by atoms with Gasteiger partial charge >= 0.3 is 5.97 Å². The van der Waals surface area contributed by atoms with Crippen molar-refractivity contribution in [2.24, 2.45) is 0 Å². The van der Waals surface area contributed by atoms with E-state index in [1.807, 2.05) is 0 Å². The summed E-state index contributed by atoms with van der Waals surface area (Å²) in [4.78, 5) is 23.5. The molecule has 2 aromatic carbocycles. The maximum absolute atomic E-state index is 12.9. The topological polar surface area (TPSA) is 111 Å². The van der Waals surface area contributed by atoms with Gasteiger partial charge in [-0.25, -0.2) is 13.2 Å². The third-order valence-corrected chi connectivity index (χ3v) is 5.34. The predicted octanol–water partition coefficient (Wildman–Crippen LogP) is 1.95. The molecule has 8 nitrogen and oxygen atoms in total. The third kappa shape index (κ3) is 4.37. The Kier molecular flexibility index (Phi) is 6.06. The van der Waals surface area contributed by atoms with Gasteiger partial charge in [-0.05, 0) is 42.8 Å². The third-order valence-electron chi connectivity index (χ3n) is 3.83. The Bertz CT molecular complexity index is 985. The Morgan fingerprint density at radius 1 is 1.00 bits per heavy atom. The Labute approximate surface area is 157 Å². The van der Waals surface area contributed by atoms with Crippen molar-refractivity contribution in [3.8, 4) is 5.75 Å². The van der Waals surface area contributed by atoms with Crippen molar-refractivity contribution >= 4 is 27.6 Å². The first-order valence-electron chi connectivity index (χ1n) is 7.85. The molecule has 0 aliphatic heterocycles.